The van der Waals surface area contributed by atoms with Crippen molar-refractivity contribution in [2.24, 2.45) is 0 Å². The first kappa shape index (κ1) is 29.7. The SMILES string of the molecule is COc1cc2sc(CNC(=O)C3(OC(C)=O)Cc4ccccc4C3)nc2cc1OCCC[N+](C)(CCO)CCO. The van der Waals surface area contributed by atoms with Crippen LogP contribution in [0.3, 0.4) is 0 Å². The van der Waals surface area contributed by atoms with Crippen LogP contribution in [-0.2, 0) is 33.7 Å². The highest BCUT2D eigenvalue weighted by Crippen LogP contribution is 2.36. The first-order valence-corrected chi connectivity index (χ1v) is 14.2. The molecule has 0 bridgehead atoms. The second-order valence-corrected chi connectivity index (χ2v) is 11.5. The van der Waals surface area contributed by atoms with Crippen LogP contribution in [0.5, 0.6) is 11.5 Å². The Kier molecular flexibility index (Phi) is 9.62. The molecule has 216 valence electrons. The second kappa shape index (κ2) is 12.9. The third-order valence-electron chi connectivity index (χ3n) is 7.32. The first-order valence-electron chi connectivity index (χ1n) is 13.4. The summed E-state index contributed by atoms with van der Waals surface area (Å²) in [6.45, 7) is 3.99. The molecule has 11 heteroatoms. The van der Waals surface area contributed by atoms with E-state index in [1.54, 1.807) is 7.11 Å². The topological polar surface area (TPSA) is 127 Å². The quantitative estimate of drug-likeness (QED) is 0.153. The number of fused-ring (bicyclic) bond motifs is 2. The van der Waals surface area contributed by atoms with Crippen molar-refractivity contribution in [3.63, 3.8) is 0 Å². The fraction of sp³-hybridized carbons (Fsp3) is 0.483. The number of likely N-dealkylation sites (N-methyl/N-ethyl adjacent to an activating group) is 1. The molecule has 0 unspecified atom stereocenters. The molecule has 3 aromatic rings. The molecule has 0 saturated heterocycles. The third-order valence-corrected chi connectivity index (χ3v) is 8.34. The van der Waals surface area contributed by atoms with Crippen LogP contribution in [0.15, 0.2) is 36.4 Å². The number of thiazole rings is 1. The number of esters is 1. The van der Waals surface area contributed by atoms with E-state index in [4.69, 9.17) is 14.2 Å². The largest absolute Gasteiger partial charge is 0.493 e. The van der Waals surface area contributed by atoms with Crippen molar-refractivity contribution in [3.05, 3.63) is 52.5 Å². The fourth-order valence-electron chi connectivity index (χ4n) is 5.23. The van der Waals surface area contributed by atoms with Gasteiger partial charge >= 0.3 is 5.97 Å². The average molecular weight is 573 g/mol. The molecule has 1 aromatic heterocycles. The lowest BCUT2D eigenvalue weighted by molar-refractivity contribution is -0.910. The summed E-state index contributed by atoms with van der Waals surface area (Å²) in [5.74, 6) is 0.333. The second-order valence-electron chi connectivity index (χ2n) is 10.4. The van der Waals surface area contributed by atoms with Gasteiger partial charge < -0.3 is 34.2 Å². The summed E-state index contributed by atoms with van der Waals surface area (Å²) in [6.07, 6.45) is 1.41. The van der Waals surface area contributed by atoms with Crippen LogP contribution < -0.4 is 14.8 Å². The molecule has 0 fully saturated rings. The van der Waals surface area contributed by atoms with E-state index in [1.165, 1.54) is 18.3 Å². The number of hydrogen-bond donors (Lipinski definition) is 3. The maximum Gasteiger partial charge on any atom is 0.303 e. The number of hydrogen-bond acceptors (Lipinski definition) is 9. The average Bonchev–Trinajstić information content (AvgIpc) is 3.49. The lowest BCUT2D eigenvalue weighted by Crippen LogP contribution is -2.50. The van der Waals surface area contributed by atoms with Crippen LogP contribution >= 0.6 is 11.3 Å². The van der Waals surface area contributed by atoms with Crippen LogP contribution in [0, 0.1) is 0 Å². The van der Waals surface area contributed by atoms with Crippen molar-refractivity contribution in [1.82, 2.24) is 10.3 Å². The van der Waals surface area contributed by atoms with Gasteiger partial charge in [-0.3, -0.25) is 9.59 Å². The van der Waals surface area contributed by atoms with Gasteiger partial charge in [-0.1, -0.05) is 24.3 Å². The molecule has 4 rings (SSSR count). The standard InChI is InChI=1S/C29H37N3O7S/c1-20(35)39-29(17-21-7-4-5-8-22(21)18-29)28(36)30-19-27-31-23-15-25(24(37-3)16-26(23)40-27)38-14-6-9-32(2,10-12-33)11-13-34/h4-5,7-8,15-16,33-34H,6,9-14,17-19H2,1-3H3/p+1. The Hall–Kier alpha value is -3.25. The van der Waals surface area contributed by atoms with Crippen molar-refractivity contribution in [1.29, 1.82) is 0 Å². The summed E-state index contributed by atoms with van der Waals surface area (Å²) in [4.78, 5) is 29.9. The monoisotopic (exact) mass is 572 g/mol. The minimum atomic E-state index is -1.26. The molecule has 1 heterocycles. The molecule has 2 aromatic carbocycles. The van der Waals surface area contributed by atoms with Crippen molar-refractivity contribution in [2.45, 2.75) is 38.3 Å². The Morgan fingerprint density at radius 3 is 2.35 bits per heavy atom. The summed E-state index contributed by atoms with van der Waals surface area (Å²) < 4.78 is 18.6. The Balaban J connectivity index is 1.41. The molecule has 0 saturated carbocycles. The molecule has 0 atom stereocenters. The first-order chi connectivity index (χ1) is 19.2. The molecular weight excluding hydrogens is 534 g/mol. The van der Waals surface area contributed by atoms with Crippen molar-refractivity contribution in [2.75, 3.05) is 53.6 Å². The number of carbonyl (C=O) groups excluding carboxylic acids is 2. The van der Waals surface area contributed by atoms with E-state index in [-0.39, 0.29) is 25.7 Å². The number of quaternary nitrogens is 1. The van der Waals surface area contributed by atoms with Gasteiger partial charge in [-0.05, 0) is 11.1 Å². The summed E-state index contributed by atoms with van der Waals surface area (Å²) >= 11 is 1.44. The van der Waals surface area contributed by atoms with Gasteiger partial charge in [0.15, 0.2) is 17.1 Å². The summed E-state index contributed by atoms with van der Waals surface area (Å²) in [7, 11) is 3.59. The van der Waals surface area contributed by atoms with Crippen molar-refractivity contribution < 1.29 is 38.5 Å². The summed E-state index contributed by atoms with van der Waals surface area (Å²) in [5, 5.41) is 22.3. The number of aliphatic hydroxyl groups is 2. The van der Waals surface area contributed by atoms with Crippen LogP contribution in [0.25, 0.3) is 10.2 Å². The number of nitrogens with zero attached hydrogens (tertiary/aromatic N) is 2. The van der Waals surface area contributed by atoms with E-state index in [9.17, 15) is 19.8 Å². The third kappa shape index (κ3) is 6.90. The molecule has 3 N–H and O–H groups in total. The highest BCUT2D eigenvalue weighted by atomic mass is 32.1. The van der Waals surface area contributed by atoms with Gasteiger partial charge in [0, 0.05) is 38.3 Å². The number of ether oxygens (including phenoxy) is 3. The molecule has 0 spiro atoms. The Labute approximate surface area is 238 Å². The molecule has 1 aliphatic rings. The summed E-state index contributed by atoms with van der Waals surface area (Å²) in [5.41, 5.74) is 1.47. The molecular formula is C29H38N3O7S+. The van der Waals surface area contributed by atoms with Gasteiger partial charge in [0.05, 0.1) is 57.3 Å². The Morgan fingerprint density at radius 1 is 1.07 bits per heavy atom. The maximum atomic E-state index is 13.3. The summed E-state index contributed by atoms with van der Waals surface area (Å²) in [6, 6.07) is 11.4. The molecule has 1 aliphatic carbocycles. The highest BCUT2D eigenvalue weighted by molar-refractivity contribution is 7.18. The van der Waals surface area contributed by atoms with Gasteiger partial charge in [-0.2, -0.15) is 0 Å². The number of benzene rings is 2. The van der Waals surface area contributed by atoms with Gasteiger partial charge in [0.1, 0.15) is 18.1 Å². The van der Waals surface area contributed by atoms with Crippen LogP contribution in [0.2, 0.25) is 0 Å². The zero-order valence-corrected chi connectivity index (χ0v) is 24.1. The van der Waals surface area contributed by atoms with Gasteiger partial charge in [0.2, 0.25) is 0 Å². The number of carbonyl (C=O) groups is 2. The Bertz CT molecular complexity index is 1310. The van der Waals surface area contributed by atoms with Crippen LogP contribution in [0.4, 0.5) is 0 Å². The number of methoxy groups -OCH3 is 1. The fourth-order valence-corrected chi connectivity index (χ4v) is 6.15. The molecule has 10 nitrogen and oxygen atoms in total. The molecule has 1 amide bonds. The van der Waals surface area contributed by atoms with Crippen LogP contribution in [-0.4, -0.2) is 90.8 Å². The van der Waals surface area contributed by atoms with E-state index in [2.05, 4.69) is 10.3 Å². The lowest BCUT2D eigenvalue weighted by Gasteiger charge is -2.33. The minimum Gasteiger partial charge on any atom is -0.493 e. The van der Waals surface area contributed by atoms with Crippen molar-refractivity contribution >= 4 is 33.4 Å². The number of amides is 1. The van der Waals surface area contributed by atoms with Gasteiger partial charge in [0.25, 0.3) is 5.91 Å². The van der Waals surface area contributed by atoms with E-state index >= 15 is 0 Å². The zero-order chi connectivity index (χ0) is 28.8. The smallest absolute Gasteiger partial charge is 0.303 e. The van der Waals surface area contributed by atoms with Gasteiger partial charge in [-0.15, -0.1) is 11.3 Å². The van der Waals surface area contributed by atoms with E-state index in [1.807, 2.05) is 43.4 Å². The lowest BCUT2D eigenvalue weighted by atomic mass is 9.98. The van der Waals surface area contributed by atoms with E-state index in [0.29, 0.717) is 53.5 Å². The van der Waals surface area contributed by atoms with Gasteiger partial charge in [-0.25, -0.2) is 4.98 Å². The maximum absolute atomic E-state index is 13.3. The van der Waals surface area contributed by atoms with Crippen LogP contribution in [0.1, 0.15) is 29.5 Å². The zero-order valence-electron chi connectivity index (χ0n) is 23.3. The molecule has 0 aliphatic heterocycles. The van der Waals surface area contributed by atoms with Crippen molar-refractivity contribution in [3.8, 4) is 11.5 Å². The number of rotatable bonds is 14. The number of aliphatic hydroxyl groups excluding tert-OH is 2. The highest BCUT2D eigenvalue weighted by Gasteiger charge is 2.47. The minimum absolute atomic E-state index is 0.0623. The molecule has 0 radical (unpaired) electrons. The number of nitrogens with one attached hydrogen (secondary N) is 1. The van der Waals surface area contributed by atoms with E-state index < -0.39 is 11.6 Å². The predicted octanol–water partition coefficient (Wildman–Crippen LogP) is 2.22. The normalized spacial score (nSPS) is 14.1. The predicted molar refractivity (Wildman–Crippen MR) is 151 cm³/mol. The Morgan fingerprint density at radius 2 is 1.75 bits per heavy atom. The van der Waals surface area contributed by atoms with E-state index in [0.717, 1.165) is 34.3 Å². The molecule has 40 heavy (non-hydrogen) atoms. The number of aromatic nitrogens is 1.